The number of halogens is 1. The van der Waals surface area contributed by atoms with Crippen LogP contribution in [0.3, 0.4) is 0 Å². The zero-order chi connectivity index (χ0) is 20.3. The largest absolute Gasteiger partial charge is 0.338 e. The average molecular weight is 421 g/mol. The molecule has 1 unspecified atom stereocenters. The maximum atomic E-state index is 12.9. The van der Waals surface area contributed by atoms with Gasteiger partial charge >= 0.3 is 0 Å². The van der Waals surface area contributed by atoms with Crippen LogP contribution in [0.2, 0.25) is 5.02 Å². The van der Waals surface area contributed by atoms with E-state index in [0.717, 1.165) is 6.26 Å². The van der Waals surface area contributed by atoms with Crippen molar-refractivity contribution in [3.8, 4) is 0 Å². The SMILES string of the molecule is CS(=O)(=O)c1cc(C(=O)N2CCCC(C(=O)Nc3ccccc3)C2)ccc1Cl. The van der Waals surface area contributed by atoms with Gasteiger partial charge in [-0.3, -0.25) is 9.59 Å². The fraction of sp³-hybridized carbons (Fsp3) is 0.300. The van der Waals surface area contributed by atoms with Crippen molar-refractivity contribution in [3.05, 3.63) is 59.1 Å². The summed E-state index contributed by atoms with van der Waals surface area (Å²) in [6, 6.07) is 13.4. The lowest BCUT2D eigenvalue weighted by Gasteiger charge is -2.32. The Morgan fingerprint density at radius 2 is 1.86 bits per heavy atom. The number of hydrogen-bond donors (Lipinski definition) is 1. The molecule has 1 saturated heterocycles. The summed E-state index contributed by atoms with van der Waals surface area (Å²) < 4.78 is 23.7. The number of para-hydroxylation sites is 1. The lowest BCUT2D eigenvalue weighted by molar-refractivity contribution is -0.121. The first-order valence-electron chi connectivity index (χ1n) is 8.90. The fourth-order valence-electron chi connectivity index (χ4n) is 3.24. The van der Waals surface area contributed by atoms with Crippen LogP contribution in [0.5, 0.6) is 0 Å². The highest BCUT2D eigenvalue weighted by atomic mass is 35.5. The fourth-order valence-corrected chi connectivity index (χ4v) is 4.55. The van der Waals surface area contributed by atoms with E-state index in [0.29, 0.717) is 25.1 Å². The van der Waals surface area contributed by atoms with Crippen LogP contribution in [0.25, 0.3) is 0 Å². The first-order valence-corrected chi connectivity index (χ1v) is 11.2. The van der Waals surface area contributed by atoms with E-state index in [-0.39, 0.29) is 39.8 Å². The van der Waals surface area contributed by atoms with Gasteiger partial charge in [-0.15, -0.1) is 0 Å². The van der Waals surface area contributed by atoms with Gasteiger partial charge in [-0.2, -0.15) is 0 Å². The zero-order valence-corrected chi connectivity index (χ0v) is 17.0. The molecule has 3 rings (SSSR count). The molecule has 2 amide bonds. The molecule has 28 heavy (non-hydrogen) atoms. The summed E-state index contributed by atoms with van der Waals surface area (Å²) in [7, 11) is -3.55. The van der Waals surface area contributed by atoms with Crippen LogP contribution in [-0.2, 0) is 14.6 Å². The predicted octanol–water partition coefficient (Wildman–Crippen LogP) is 3.23. The van der Waals surface area contributed by atoms with E-state index in [9.17, 15) is 18.0 Å². The maximum absolute atomic E-state index is 12.9. The number of sulfone groups is 1. The van der Waals surface area contributed by atoms with Gasteiger partial charge in [0.2, 0.25) is 5.91 Å². The number of hydrogen-bond acceptors (Lipinski definition) is 4. The Labute approximate surface area is 169 Å². The maximum Gasteiger partial charge on any atom is 0.253 e. The minimum Gasteiger partial charge on any atom is -0.338 e. The van der Waals surface area contributed by atoms with Gasteiger partial charge in [-0.05, 0) is 43.2 Å². The second kappa shape index (κ2) is 8.32. The van der Waals surface area contributed by atoms with Crippen molar-refractivity contribution >= 4 is 38.9 Å². The summed E-state index contributed by atoms with van der Waals surface area (Å²) in [5.41, 5.74) is 0.959. The number of anilines is 1. The quantitative estimate of drug-likeness (QED) is 0.823. The third-order valence-electron chi connectivity index (χ3n) is 4.70. The monoisotopic (exact) mass is 420 g/mol. The molecule has 0 saturated carbocycles. The first kappa shape index (κ1) is 20.4. The summed E-state index contributed by atoms with van der Waals surface area (Å²) in [4.78, 5) is 26.9. The number of nitrogens with one attached hydrogen (secondary N) is 1. The lowest BCUT2D eigenvalue weighted by atomic mass is 9.96. The van der Waals surface area contributed by atoms with E-state index >= 15 is 0 Å². The van der Waals surface area contributed by atoms with Crippen LogP contribution < -0.4 is 5.32 Å². The molecule has 0 spiro atoms. The third-order valence-corrected chi connectivity index (χ3v) is 6.28. The molecule has 1 fully saturated rings. The topological polar surface area (TPSA) is 83.6 Å². The van der Waals surface area contributed by atoms with Crippen molar-refractivity contribution in [2.75, 3.05) is 24.7 Å². The van der Waals surface area contributed by atoms with Gasteiger partial charge in [0.25, 0.3) is 5.91 Å². The predicted molar refractivity (Wildman–Crippen MR) is 108 cm³/mol. The summed E-state index contributed by atoms with van der Waals surface area (Å²) >= 11 is 5.96. The third kappa shape index (κ3) is 4.72. The molecule has 0 bridgehead atoms. The molecular formula is C20H21ClN2O4S. The zero-order valence-electron chi connectivity index (χ0n) is 15.4. The van der Waals surface area contributed by atoms with E-state index in [1.165, 1.54) is 18.2 Å². The van der Waals surface area contributed by atoms with E-state index in [2.05, 4.69) is 5.32 Å². The van der Waals surface area contributed by atoms with Gasteiger partial charge < -0.3 is 10.2 Å². The smallest absolute Gasteiger partial charge is 0.253 e. The van der Waals surface area contributed by atoms with Crippen molar-refractivity contribution in [3.63, 3.8) is 0 Å². The molecule has 148 valence electrons. The van der Waals surface area contributed by atoms with Crippen LogP contribution in [-0.4, -0.2) is 44.5 Å². The molecule has 2 aromatic carbocycles. The number of rotatable bonds is 4. The summed E-state index contributed by atoms with van der Waals surface area (Å²) in [6.07, 6.45) is 2.44. The molecule has 0 aromatic heterocycles. The van der Waals surface area contributed by atoms with Gasteiger partial charge in [0.05, 0.1) is 15.8 Å². The van der Waals surface area contributed by atoms with Crippen molar-refractivity contribution in [2.45, 2.75) is 17.7 Å². The highest BCUT2D eigenvalue weighted by Crippen LogP contribution is 2.25. The Hall–Kier alpha value is -2.38. The summed E-state index contributed by atoms with van der Waals surface area (Å²) in [5, 5.41) is 2.95. The molecule has 8 heteroatoms. The number of likely N-dealkylation sites (tertiary alicyclic amines) is 1. The Balaban J connectivity index is 1.73. The minimum absolute atomic E-state index is 0.0737. The van der Waals surface area contributed by atoms with E-state index < -0.39 is 9.84 Å². The first-order chi connectivity index (χ1) is 13.3. The van der Waals surface area contributed by atoms with Crippen LogP contribution in [0.4, 0.5) is 5.69 Å². The Morgan fingerprint density at radius 1 is 1.14 bits per heavy atom. The second-order valence-electron chi connectivity index (χ2n) is 6.86. The van der Waals surface area contributed by atoms with Gasteiger partial charge in [0, 0.05) is 30.6 Å². The Kier molecular flexibility index (Phi) is 6.05. The highest BCUT2D eigenvalue weighted by Gasteiger charge is 2.29. The normalized spacial score (nSPS) is 17.2. The van der Waals surface area contributed by atoms with Crippen molar-refractivity contribution in [1.29, 1.82) is 0 Å². The molecule has 1 heterocycles. The summed E-state index contributed by atoms with van der Waals surface area (Å²) in [5.74, 6) is -0.755. The average Bonchev–Trinajstić information content (AvgIpc) is 2.68. The minimum atomic E-state index is -3.55. The van der Waals surface area contributed by atoms with E-state index in [4.69, 9.17) is 11.6 Å². The molecule has 1 atom stereocenters. The number of nitrogens with zero attached hydrogens (tertiary/aromatic N) is 1. The van der Waals surface area contributed by atoms with Crippen LogP contribution >= 0.6 is 11.6 Å². The number of carbonyl (C=O) groups excluding carboxylic acids is 2. The molecule has 0 aliphatic carbocycles. The summed E-state index contributed by atoms with van der Waals surface area (Å²) in [6.45, 7) is 0.805. The molecule has 2 aromatic rings. The lowest BCUT2D eigenvalue weighted by Crippen LogP contribution is -2.43. The Bertz CT molecular complexity index is 993. The molecule has 1 aliphatic rings. The van der Waals surface area contributed by atoms with Crippen molar-refractivity contribution < 1.29 is 18.0 Å². The second-order valence-corrected chi connectivity index (χ2v) is 9.25. The molecule has 1 aliphatic heterocycles. The van der Waals surface area contributed by atoms with E-state index in [1.54, 1.807) is 4.90 Å². The van der Waals surface area contributed by atoms with Crippen LogP contribution in [0, 0.1) is 5.92 Å². The van der Waals surface area contributed by atoms with Gasteiger partial charge in [-0.25, -0.2) is 8.42 Å². The van der Waals surface area contributed by atoms with Gasteiger partial charge in [0.1, 0.15) is 0 Å². The van der Waals surface area contributed by atoms with Crippen LogP contribution in [0.1, 0.15) is 23.2 Å². The van der Waals surface area contributed by atoms with E-state index in [1.807, 2.05) is 30.3 Å². The molecular weight excluding hydrogens is 400 g/mol. The Morgan fingerprint density at radius 3 is 2.54 bits per heavy atom. The molecule has 0 radical (unpaired) electrons. The number of benzene rings is 2. The van der Waals surface area contributed by atoms with Crippen molar-refractivity contribution in [1.82, 2.24) is 4.90 Å². The molecule has 1 N–H and O–H groups in total. The number of carbonyl (C=O) groups is 2. The number of amides is 2. The number of piperidine rings is 1. The highest BCUT2D eigenvalue weighted by molar-refractivity contribution is 7.90. The van der Waals surface area contributed by atoms with Crippen molar-refractivity contribution in [2.24, 2.45) is 5.92 Å². The van der Waals surface area contributed by atoms with Gasteiger partial charge in [-0.1, -0.05) is 29.8 Å². The standard InChI is InChI=1S/C20H21ClN2O4S/c1-28(26,27)18-12-14(9-10-17(18)21)20(25)23-11-5-6-15(13-23)19(24)22-16-7-3-2-4-8-16/h2-4,7-10,12,15H,5-6,11,13H2,1H3,(H,22,24). The molecule has 6 nitrogen and oxygen atoms in total. The van der Waals surface area contributed by atoms with Gasteiger partial charge in [0.15, 0.2) is 9.84 Å². The van der Waals surface area contributed by atoms with Crippen LogP contribution in [0.15, 0.2) is 53.4 Å².